The molecule has 2 nitrogen and oxygen atoms in total. The van der Waals surface area contributed by atoms with Crippen LogP contribution in [0.25, 0.3) is 49.9 Å². The molecule has 6 aromatic rings. The molecule has 0 aliphatic carbocycles. The zero-order chi connectivity index (χ0) is 20.6. The number of para-hydroxylation sites is 1. The Kier molecular flexibility index (Phi) is 4.14. The predicted molar refractivity (Wildman–Crippen MR) is 129 cm³/mol. The molecule has 0 amide bonds. The molecule has 6 rings (SSSR count). The van der Waals surface area contributed by atoms with Gasteiger partial charge in [0, 0.05) is 28.2 Å². The topological polar surface area (TPSA) is 17.8 Å². The van der Waals surface area contributed by atoms with Gasteiger partial charge in [0.25, 0.3) is 0 Å². The van der Waals surface area contributed by atoms with Crippen LogP contribution in [0.3, 0.4) is 0 Å². The number of hydrogen-bond acceptors (Lipinski definition) is 1. The molecule has 0 unspecified atom stereocenters. The monoisotopic (exact) mass is 396 g/mol. The van der Waals surface area contributed by atoms with E-state index in [-0.39, 0.29) is 0 Å². The molecule has 0 spiro atoms. The third kappa shape index (κ3) is 3.01. The molecule has 0 radical (unpaired) electrons. The van der Waals surface area contributed by atoms with E-state index in [0.29, 0.717) is 0 Å². The van der Waals surface area contributed by atoms with E-state index in [4.69, 9.17) is 0 Å². The van der Waals surface area contributed by atoms with Crippen molar-refractivity contribution in [2.24, 2.45) is 0 Å². The van der Waals surface area contributed by atoms with Crippen molar-refractivity contribution in [3.63, 3.8) is 0 Å². The molecule has 31 heavy (non-hydrogen) atoms. The Morgan fingerprint density at radius 2 is 1.26 bits per heavy atom. The molecule has 0 saturated carbocycles. The summed E-state index contributed by atoms with van der Waals surface area (Å²) < 4.78 is 2.36. The molecule has 0 atom stereocenters. The highest BCUT2D eigenvalue weighted by Crippen LogP contribution is 2.35. The summed E-state index contributed by atoms with van der Waals surface area (Å²) >= 11 is 0. The van der Waals surface area contributed by atoms with Gasteiger partial charge >= 0.3 is 0 Å². The molecule has 0 saturated heterocycles. The lowest BCUT2D eigenvalue weighted by Crippen LogP contribution is -1.94. The molecule has 0 bridgehead atoms. The first-order valence-electron chi connectivity index (χ1n) is 10.5. The average molecular weight is 396 g/mol. The summed E-state index contributed by atoms with van der Waals surface area (Å²) in [5.74, 6) is 0. The van der Waals surface area contributed by atoms with Crippen molar-refractivity contribution in [3.05, 3.63) is 121 Å². The van der Waals surface area contributed by atoms with Gasteiger partial charge in [-0.3, -0.25) is 4.98 Å². The van der Waals surface area contributed by atoms with Crippen LogP contribution in [-0.4, -0.2) is 9.55 Å². The number of aromatic nitrogens is 2. The van der Waals surface area contributed by atoms with Crippen LogP contribution in [0.5, 0.6) is 0 Å². The minimum absolute atomic E-state index is 0.985. The van der Waals surface area contributed by atoms with Crippen molar-refractivity contribution in [2.45, 2.75) is 0 Å². The lowest BCUT2D eigenvalue weighted by Gasteiger charge is -2.11. The molecule has 0 aliphatic rings. The average Bonchev–Trinajstić information content (AvgIpc) is 3.19. The Labute approximate surface area is 181 Å². The molecule has 2 heteroatoms. The molecule has 4 aromatic carbocycles. The SMILES string of the molecule is c1ccc(-c2cccc(-n3c4ccccc4c4ccc(-c5ccccn5)cc43)c2)cc1. The van der Waals surface area contributed by atoms with E-state index in [9.17, 15) is 0 Å². The van der Waals surface area contributed by atoms with Crippen LogP contribution >= 0.6 is 0 Å². The van der Waals surface area contributed by atoms with Crippen molar-refractivity contribution in [2.75, 3.05) is 0 Å². The Hall–Kier alpha value is -4.17. The molecule has 0 fully saturated rings. The normalized spacial score (nSPS) is 11.2. The number of benzene rings is 4. The fraction of sp³-hybridized carbons (Fsp3) is 0. The number of hydrogen-bond donors (Lipinski definition) is 0. The minimum Gasteiger partial charge on any atom is -0.309 e. The summed E-state index contributed by atoms with van der Waals surface area (Å²) in [5.41, 5.74) is 8.10. The fourth-order valence-corrected chi connectivity index (χ4v) is 4.40. The van der Waals surface area contributed by atoms with Gasteiger partial charge < -0.3 is 4.57 Å². The lowest BCUT2D eigenvalue weighted by atomic mass is 10.1. The maximum atomic E-state index is 4.56. The van der Waals surface area contributed by atoms with Crippen LogP contribution < -0.4 is 0 Å². The van der Waals surface area contributed by atoms with Gasteiger partial charge in [0.1, 0.15) is 0 Å². The lowest BCUT2D eigenvalue weighted by molar-refractivity contribution is 1.18. The van der Waals surface area contributed by atoms with Gasteiger partial charge in [0.2, 0.25) is 0 Å². The van der Waals surface area contributed by atoms with E-state index >= 15 is 0 Å². The second kappa shape index (κ2) is 7.26. The van der Waals surface area contributed by atoms with E-state index in [1.807, 2.05) is 18.3 Å². The molecular formula is C29H20N2. The standard InChI is InChI=1S/C29H20N2/c1-2-9-21(10-3-1)22-11-8-12-24(19-22)31-28-15-5-4-13-25(28)26-17-16-23(20-29(26)31)27-14-6-7-18-30-27/h1-20H. The van der Waals surface area contributed by atoms with Crippen LogP contribution in [0.1, 0.15) is 0 Å². The number of nitrogens with zero attached hydrogens (tertiary/aromatic N) is 2. The summed E-state index contributed by atoms with van der Waals surface area (Å²) in [5, 5.41) is 2.51. The van der Waals surface area contributed by atoms with Crippen molar-refractivity contribution in [1.82, 2.24) is 9.55 Å². The Morgan fingerprint density at radius 3 is 2.13 bits per heavy atom. The highest BCUT2D eigenvalue weighted by molar-refractivity contribution is 6.10. The second-order valence-electron chi connectivity index (χ2n) is 7.72. The van der Waals surface area contributed by atoms with Gasteiger partial charge in [0.15, 0.2) is 0 Å². The predicted octanol–water partition coefficient (Wildman–Crippen LogP) is 7.51. The number of rotatable bonds is 3. The van der Waals surface area contributed by atoms with Gasteiger partial charge in [-0.25, -0.2) is 0 Å². The quantitative estimate of drug-likeness (QED) is 0.303. The molecule has 2 heterocycles. The number of pyridine rings is 1. The Balaban J connectivity index is 1.63. The van der Waals surface area contributed by atoms with Crippen LogP contribution in [0.2, 0.25) is 0 Å². The zero-order valence-electron chi connectivity index (χ0n) is 16.9. The highest BCUT2D eigenvalue weighted by Gasteiger charge is 2.13. The largest absolute Gasteiger partial charge is 0.309 e. The summed E-state index contributed by atoms with van der Waals surface area (Å²) in [6, 6.07) is 40.6. The maximum absolute atomic E-state index is 4.56. The van der Waals surface area contributed by atoms with E-state index in [0.717, 1.165) is 16.9 Å². The maximum Gasteiger partial charge on any atom is 0.0702 e. The van der Waals surface area contributed by atoms with E-state index in [2.05, 4.69) is 113 Å². The highest BCUT2D eigenvalue weighted by atomic mass is 15.0. The Bertz CT molecular complexity index is 1510. The summed E-state index contributed by atoms with van der Waals surface area (Å²) in [7, 11) is 0. The molecule has 146 valence electrons. The van der Waals surface area contributed by atoms with Gasteiger partial charge in [-0.1, -0.05) is 78.9 Å². The van der Waals surface area contributed by atoms with E-state index in [1.165, 1.54) is 32.9 Å². The van der Waals surface area contributed by atoms with E-state index in [1.54, 1.807) is 0 Å². The van der Waals surface area contributed by atoms with Crippen molar-refractivity contribution in [3.8, 4) is 28.1 Å². The van der Waals surface area contributed by atoms with Crippen LogP contribution in [-0.2, 0) is 0 Å². The van der Waals surface area contributed by atoms with Gasteiger partial charge in [0.05, 0.1) is 16.7 Å². The first-order valence-corrected chi connectivity index (χ1v) is 10.5. The zero-order valence-corrected chi connectivity index (χ0v) is 16.9. The first-order chi connectivity index (χ1) is 15.4. The van der Waals surface area contributed by atoms with Crippen molar-refractivity contribution >= 4 is 21.8 Å². The summed E-state index contributed by atoms with van der Waals surface area (Å²) in [6.45, 7) is 0. The number of fused-ring (bicyclic) bond motifs is 3. The summed E-state index contributed by atoms with van der Waals surface area (Å²) in [6.07, 6.45) is 1.85. The minimum atomic E-state index is 0.985. The van der Waals surface area contributed by atoms with Crippen LogP contribution in [0, 0.1) is 0 Å². The van der Waals surface area contributed by atoms with Gasteiger partial charge in [-0.15, -0.1) is 0 Å². The van der Waals surface area contributed by atoms with Crippen molar-refractivity contribution in [1.29, 1.82) is 0 Å². The van der Waals surface area contributed by atoms with Crippen molar-refractivity contribution < 1.29 is 0 Å². The van der Waals surface area contributed by atoms with Gasteiger partial charge in [-0.05, 0) is 47.5 Å². The smallest absolute Gasteiger partial charge is 0.0702 e. The van der Waals surface area contributed by atoms with Crippen LogP contribution in [0.4, 0.5) is 0 Å². The fourth-order valence-electron chi connectivity index (χ4n) is 4.40. The molecule has 0 N–H and O–H groups in total. The Morgan fingerprint density at radius 1 is 0.484 bits per heavy atom. The molecular weight excluding hydrogens is 376 g/mol. The van der Waals surface area contributed by atoms with Crippen LogP contribution in [0.15, 0.2) is 121 Å². The second-order valence-corrected chi connectivity index (χ2v) is 7.72. The first kappa shape index (κ1) is 17.7. The third-order valence-electron chi connectivity index (χ3n) is 5.85. The molecule has 2 aromatic heterocycles. The third-order valence-corrected chi connectivity index (χ3v) is 5.85. The summed E-state index contributed by atoms with van der Waals surface area (Å²) in [4.78, 5) is 4.56. The molecule has 0 aliphatic heterocycles. The van der Waals surface area contributed by atoms with Gasteiger partial charge in [-0.2, -0.15) is 0 Å². The van der Waals surface area contributed by atoms with E-state index < -0.39 is 0 Å².